The van der Waals surface area contributed by atoms with Gasteiger partial charge in [-0.1, -0.05) is 23.5 Å². The van der Waals surface area contributed by atoms with Crippen LogP contribution in [0.2, 0.25) is 0 Å². The summed E-state index contributed by atoms with van der Waals surface area (Å²) in [5.41, 5.74) is 0.817. The van der Waals surface area contributed by atoms with Gasteiger partial charge in [0.15, 0.2) is 4.80 Å². The largest absolute Gasteiger partial charge is 0.494 e. The summed E-state index contributed by atoms with van der Waals surface area (Å²) < 4.78 is 17.9. The number of fused-ring (bicyclic) bond motifs is 1. The van der Waals surface area contributed by atoms with E-state index in [1.54, 1.807) is 11.5 Å². The number of carbonyl (C=O) groups is 2. The molecular formula is C16H16N2O5S. The van der Waals surface area contributed by atoms with Crippen LogP contribution in [0.4, 0.5) is 0 Å². The van der Waals surface area contributed by atoms with Crippen molar-refractivity contribution in [3.8, 4) is 0 Å². The van der Waals surface area contributed by atoms with Crippen LogP contribution >= 0.6 is 11.3 Å². The van der Waals surface area contributed by atoms with Crippen LogP contribution < -0.4 is 4.80 Å². The van der Waals surface area contributed by atoms with E-state index in [1.165, 1.54) is 17.6 Å². The Balaban J connectivity index is 2.02. The summed E-state index contributed by atoms with van der Waals surface area (Å²) in [5, 5.41) is 0. The van der Waals surface area contributed by atoms with E-state index in [1.807, 2.05) is 24.3 Å². The summed E-state index contributed by atoms with van der Waals surface area (Å²) in [5.74, 6) is -0.869. The molecule has 1 amide bonds. The van der Waals surface area contributed by atoms with Crippen molar-refractivity contribution >= 4 is 33.4 Å². The van der Waals surface area contributed by atoms with E-state index < -0.39 is 5.91 Å². The third-order valence-corrected chi connectivity index (χ3v) is 4.30. The van der Waals surface area contributed by atoms with E-state index in [0.717, 1.165) is 10.2 Å². The van der Waals surface area contributed by atoms with Gasteiger partial charge in [-0.15, -0.1) is 0 Å². The highest BCUT2D eigenvalue weighted by Gasteiger charge is 2.16. The third-order valence-electron chi connectivity index (χ3n) is 3.24. The molecule has 0 atom stereocenters. The molecule has 2 heterocycles. The van der Waals surface area contributed by atoms with Gasteiger partial charge in [0.05, 0.1) is 16.8 Å². The van der Waals surface area contributed by atoms with Crippen molar-refractivity contribution < 1.29 is 23.8 Å². The molecule has 24 heavy (non-hydrogen) atoms. The lowest BCUT2D eigenvalue weighted by Gasteiger charge is -2.12. The van der Waals surface area contributed by atoms with Crippen LogP contribution in [0.15, 0.2) is 41.3 Å². The van der Waals surface area contributed by atoms with Gasteiger partial charge in [0.25, 0.3) is 0 Å². The molecule has 0 bridgehead atoms. The zero-order valence-corrected chi connectivity index (χ0v) is 13.9. The number of amides is 1. The van der Waals surface area contributed by atoms with Crippen LogP contribution in [0, 0.1) is 0 Å². The molecule has 0 aliphatic carbocycles. The first-order valence-corrected chi connectivity index (χ1v) is 8.28. The fraction of sp³-hybridized carbons (Fsp3) is 0.312. The zero-order valence-electron chi connectivity index (χ0n) is 13.1. The molecular weight excluding hydrogens is 332 g/mol. The van der Waals surface area contributed by atoms with E-state index in [-0.39, 0.29) is 18.3 Å². The van der Waals surface area contributed by atoms with Crippen molar-refractivity contribution in [2.24, 2.45) is 4.99 Å². The van der Waals surface area contributed by atoms with Crippen LogP contribution in [0.1, 0.15) is 6.92 Å². The van der Waals surface area contributed by atoms with Crippen LogP contribution in [-0.4, -0.2) is 36.3 Å². The van der Waals surface area contributed by atoms with Gasteiger partial charge in [-0.25, -0.2) is 0 Å². The van der Waals surface area contributed by atoms with Gasteiger partial charge in [0.1, 0.15) is 26.0 Å². The lowest BCUT2D eigenvalue weighted by atomic mass is 10.3. The monoisotopic (exact) mass is 348 g/mol. The first-order valence-electron chi connectivity index (χ1n) is 7.46. The number of aromatic nitrogens is 1. The Morgan fingerprint density at radius 2 is 2.17 bits per heavy atom. The molecule has 3 rings (SSSR count). The molecule has 1 aromatic heterocycles. The highest BCUT2D eigenvalue weighted by molar-refractivity contribution is 7.16. The molecule has 7 nitrogen and oxygen atoms in total. The lowest BCUT2D eigenvalue weighted by molar-refractivity contribution is -0.143. The van der Waals surface area contributed by atoms with Crippen molar-refractivity contribution in [2.45, 2.75) is 13.5 Å². The Kier molecular flexibility index (Phi) is 4.95. The van der Waals surface area contributed by atoms with Gasteiger partial charge in [-0.05, 0) is 19.1 Å². The predicted molar refractivity (Wildman–Crippen MR) is 87.0 cm³/mol. The molecule has 0 saturated carbocycles. The van der Waals surface area contributed by atoms with Crippen molar-refractivity contribution in [3.63, 3.8) is 0 Å². The second-order valence-corrected chi connectivity index (χ2v) is 5.87. The molecule has 8 heteroatoms. The quantitative estimate of drug-likeness (QED) is 0.784. The van der Waals surface area contributed by atoms with Crippen LogP contribution in [0.25, 0.3) is 10.2 Å². The molecule has 0 spiro atoms. The molecule has 0 fully saturated rings. The maximum Gasteiger partial charge on any atom is 0.326 e. The molecule has 0 unspecified atom stereocenters. The van der Waals surface area contributed by atoms with Gasteiger partial charge in [0.2, 0.25) is 5.76 Å². The number of thiazole rings is 1. The maximum absolute atomic E-state index is 12.2. The van der Waals surface area contributed by atoms with Gasteiger partial charge in [-0.3, -0.25) is 9.59 Å². The molecule has 126 valence electrons. The number of rotatable bonds is 4. The average Bonchev–Trinajstić information content (AvgIpc) is 2.93. The highest BCUT2D eigenvalue weighted by atomic mass is 32.1. The summed E-state index contributed by atoms with van der Waals surface area (Å²) in [6.45, 7) is 2.74. The van der Waals surface area contributed by atoms with Gasteiger partial charge in [-0.2, -0.15) is 4.99 Å². The highest BCUT2D eigenvalue weighted by Crippen LogP contribution is 2.17. The summed E-state index contributed by atoms with van der Waals surface area (Å²) in [6.07, 6.45) is 1.26. The number of carbonyl (C=O) groups excluding carboxylic acids is 2. The fourth-order valence-corrected chi connectivity index (χ4v) is 3.24. The number of hydrogen-bond donors (Lipinski definition) is 0. The fourth-order valence-electron chi connectivity index (χ4n) is 2.22. The number of nitrogens with zero attached hydrogens (tertiary/aromatic N) is 2. The predicted octanol–water partition coefficient (Wildman–Crippen LogP) is 1.58. The topological polar surface area (TPSA) is 79.1 Å². The number of benzene rings is 1. The van der Waals surface area contributed by atoms with E-state index in [0.29, 0.717) is 24.6 Å². The van der Waals surface area contributed by atoms with Crippen LogP contribution in [-0.2, 0) is 30.3 Å². The van der Waals surface area contributed by atoms with E-state index >= 15 is 0 Å². The molecule has 2 aromatic rings. The first kappa shape index (κ1) is 16.3. The van der Waals surface area contributed by atoms with Gasteiger partial charge >= 0.3 is 11.9 Å². The van der Waals surface area contributed by atoms with Gasteiger partial charge in [0, 0.05) is 0 Å². The van der Waals surface area contributed by atoms with E-state index in [4.69, 9.17) is 14.2 Å². The summed E-state index contributed by atoms with van der Waals surface area (Å²) >= 11 is 1.32. The molecule has 0 saturated heterocycles. The Morgan fingerprint density at radius 3 is 2.92 bits per heavy atom. The van der Waals surface area contributed by atoms with E-state index in [2.05, 4.69) is 4.99 Å². The first-order chi connectivity index (χ1) is 11.7. The normalized spacial score (nSPS) is 14.7. The molecule has 0 radical (unpaired) electrons. The summed E-state index contributed by atoms with van der Waals surface area (Å²) in [4.78, 5) is 28.6. The smallest absolute Gasteiger partial charge is 0.326 e. The van der Waals surface area contributed by atoms with E-state index in [9.17, 15) is 9.59 Å². The van der Waals surface area contributed by atoms with Crippen molar-refractivity contribution in [1.82, 2.24) is 4.57 Å². The number of hydrogen-bond acceptors (Lipinski definition) is 6. The molecule has 1 aliphatic heterocycles. The molecule has 1 aliphatic rings. The third kappa shape index (κ3) is 3.48. The second kappa shape index (κ2) is 7.31. The molecule has 0 N–H and O–H groups in total. The Hall–Kier alpha value is -2.61. The summed E-state index contributed by atoms with van der Waals surface area (Å²) in [6, 6.07) is 7.53. The number of ether oxygens (including phenoxy) is 3. The standard InChI is InChI=1S/C16H16N2O5S/c1-2-22-14(19)9-18-11-5-3-4-6-13(11)24-16(18)17-15(20)12-10-21-7-8-23-12/h3-6,10H,2,7-9H2,1H3. The minimum absolute atomic E-state index is 0.0135. The lowest BCUT2D eigenvalue weighted by Crippen LogP contribution is -2.24. The Bertz CT molecular complexity index is 865. The van der Waals surface area contributed by atoms with Gasteiger partial charge < -0.3 is 18.8 Å². The Labute approximate surface area is 141 Å². The summed E-state index contributed by atoms with van der Waals surface area (Å²) in [7, 11) is 0. The maximum atomic E-state index is 12.2. The number of para-hydroxylation sites is 1. The molecule has 1 aromatic carbocycles. The van der Waals surface area contributed by atoms with Crippen LogP contribution in [0.5, 0.6) is 0 Å². The average molecular weight is 348 g/mol. The Morgan fingerprint density at radius 1 is 1.33 bits per heavy atom. The zero-order chi connectivity index (χ0) is 16.9. The minimum atomic E-state index is -0.543. The SMILES string of the molecule is CCOC(=O)Cn1c(=NC(=O)C2=COCCO2)sc2ccccc21. The van der Waals surface area contributed by atoms with Crippen molar-refractivity contribution in [3.05, 3.63) is 41.1 Å². The minimum Gasteiger partial charge on any atom is -0.494 e. The van der Waals surface area contributed by atoms with Crippen molar-refractivity contribution in [2.75, 3.05) is 19.8 Å². The number of esters is 1. The van der Waals surface area contributed by atoms with Crippen LogP contribution in [0.3, 0.4) is 0 Å². The van der Waals surface area contributed by atoms with Crippen molar-refractivity contribution in [1.29, 1.82) is 0 Å². The second-order valence-electron chi connectivity index (χ2n) is 4.86.